The number of para-hydroxylation sites is 1. The van der Waals surface area contributed by atoms with Crippen molar-refractivity contribution in [3.8, 4) is 11.1 Å². The molecule has 0 unspecified atom stereocenters. The molecule has 6 heteroatoms. The fourth-order valence-corrected chi connectivity index (χ4v) is 4.39. The molecule has 6 nitrogen and oxygen atoms in total. The van der Waals surface area contributed by atoms with E-state index in [1.165, 1.54) is 16.8 Å². The lowest BCUT2D eigenvalue weighted by molar-refractivity contribution is -0.116. The van der Waals surface area contributed by atoms with Gasteiger partial charge < -0.3 is 15.5 Å². The number of hydrogen-bond donors (Lipinski definition) is 2. The first-order valence-corrected chi connectivity index (χ1v) is 10.7. The molecule has 0 saturated carbocycles. The number of fused-ring (bicyclic) bond motifs is 2. The molecule has 0 bridgehead atoms. The number of benzene rings is 2. The van der Waals surface area contributed by atoms with E-state index in [9.17, 15) is 4.79 Å². The number of amides is 1. The van der Waals surface area contributed by atoms with Gasteiger partial charge in [-0.15, -0.1) is 13.2 Å². The zero-order valence-electron chi connectivity index (χ0n) is 18.2. The van der Waals surface area contributed by atoms with Crippen molar-refractivity contribution in [1.29, 1.82) is 0 Å². The topological polar surface area (TPSA) is 62.2 Å². The predicted octanol–water partition coefficient (Wildman–Crippen LogP) is 5.61. The Morgan fingerprint density at radius 3 is 2.77 bits per heavy atom. The van der Waals surface area contributed by atoms with Crippen LogP contribution in [0.2, 0.25) is 0 Å². The number of carbonyl (C=O) groups is 1. The van der Waals surface area contributed by atoms with E-state index in [4.69, 9.17) is 0 Å². The third-order valence-corrected chi connectivity index (χ3v) is 5.73. The summed E-state index contributed by atoms with van der Waals surface area (Å²) in [6.45, 7) is 9.01. The highest BCUT2D eigenvalue weighted by molar-refractivity contribution is 6.00. The van der Waals surface area contributed by atoms with Crippen molar-refractivity contribution in [2.45, 2.75) is 32.2 Å². The van der Waals surface area contributed by atoms with E-state index in [2.05, 4.69) is 65.0 Å². The Morgan fingerprint density at radius 2 is 2.00 bits per heavy atom. The van der Waals surface area contributed by atoms with E-state index < -0.39 is 0 Å². The average Bonchev–Trinajstić information content (AvgIpc) is 3.15. The highest BCUT2D eigenvalue weighted by Crippen LogP contribution is 2.42. The number of aryl methyl sites for hydroxylation is 2. The zero-order valence-corrected chi connectivity index (χ0v) is 18.2. The Hall–Kier alpha value is -3.54. The predicted molar refractivity (Wildman–Crippen MR) is 132 cm³/mol. The van der Waals surface area contributed by atoms with E-state index in [1.54, 1.807) is 0 Å². The standard InChI is InChI=1S/C23H25N5O.C2H4.2H2/c1-15-11-22(29)26-19-6-3-7-21(23(19)25-15)28-10-4-5-17-12-16(8-9-20(17)28)18-13-24-27(2)14-18;1-2;;/h3,6-9,12-15,25H,4-5,10-11H2,1-2H3,(H,26,29);1-2H2;2*1H/t15-;;;/m1.../s1. The molecule has 1 aromatic heterocycles. The second kappa shape index (κ2) is 8.68. The lowest BCUT2D eigenvalue weighted by atomic mass is 9.96. The Kier molecular flexibility index (Phi) is 5.80. The number of nitrogens with zero attached hydrogens (tertiary/aromatic N) is 3. The molecule has 31 heavy (non-hydrogen) atoms. The lowest BCUT2D eigenvalue weighted by Gasteiger charge is -2.34. The fraction of sp³-hybridized carbons (Fsp3) is 0.280. The summed E-state index contributed by atoms with van der Waals surface area (Å²) in [5.74, 6) is 0.0565. The number of nitrogens with one attached hydrogen (secondary N) is 2. The van der Waals surface area contributed by atoms with Crippen LogP contribution in [0.1, 0.15) is 28.2 Å². The van der Waals surface area contributed by atoms with Gasteiger partial charge in [-0.2, -0.15) is 5.10 Å². The van der Waals surface area contributed by atoms with Crippen LogP contribution in [-0.2, 0) is 18.3 Å². The van der Waals surface area contributed by atoms with Crippen molar-refractivity contribution >= 4 is 28.7 Å². The molecule has 5 rings (SSSR count). The summed E-state index contributed by atoms with van der Waals surface area (Å²) in [6.07, 6.45) is 6.59. The molecule has 0 saturated heterocycles. The van der Waals surface area contributed by atoms with Gasteiger partial charge in [0.05, 0.1) is 23.3 Å². The minimum absolute atomic E-state index is 0. The number of anilines is 4. The molecule has 0 spiro atoms. The van der Waals surface area contributed by atoms with Gasteiger partial charge in [-0.25, -0.2) is 0 Å². The van der Waals surface area contributed by atoms with E-state index >= 15 is 0 Å². The highest BCUT2D eigenvalue weighted by atomic mass is 16.1. The van der Waals surface area contributed by atoms with Gasteiger partial charge in [-0.05, 0) is 55.2 Å². The third-order valence-electron chi connectivity index (χ3n) is 5.73. The molecule has 2 N–H and O–H groups in total. The first-order chi connectivity index (χ1) is 15.1. The molecule has 2 aliphatic rings. The van der Waals surface area contributed by atoms with Gasteiger partial charge in [0, 0.05) is 46.4 Å². The summed E-state index contributed by atoms with van der Waals surface area (Å²) in [6, 6.07) is 12.9. The average molecular weight is 420 g/mol. The van der Waals surface area contributed by atoms with E-state index in [-0.39, 0.29) is 14.8 Å². The van der Waals surface area contributed by atoms with Crippen molar-refractivity contribution in [3.05, 3.63) is 67.5 Å². The molecular formula is C25H33N5O. The van der Waals surface area contributed by atoms with Crippen molar-refractivity contribution in [2.24, 2.45) is 7.05 Å². The Morgan fingerprint density at radius 1 is 1.16 bits per heavy atom. The quantitative estimate of drug-likeness (QED) is 0.530. The van der Waals surface area contributed by atoms with Gasteiger partial charge in [-0.3, -0.25) is 9.48 Å². The second-order valence-corrected chi connectivity index (χ2v) is 8.00. The largest absolute Gasteiger partial charge is 0.379 e. The normalized spacial score (nSPS) is 17.3. The van der Waals surface area contributed by atoms with Gasteiger partial charge in [0.2, 0.25) is 5.91 Å². The maximum absolute atomic E-state index is 12.1. The fourth-order valence-electron chi connectivity index (χ4n) is 4.39. The van der Waals surface area contributed by atoms with Crippen LogP contribution in [0.5, 0.6) is 0 Å². The molecule has 1 atom stereocenters. The van der Waals surface area contributed by atoms with Crippen molar-refractivity contribution in [3.63, 3.8) is 0 Å². The van der Waals surface area contributed by atoms with Gasteiger partial charge in [0.25, 0.3) is 0 Å². The van der Waals surface area contributed by atoms with Crippen LogP contribution in [0.25, 0.3) is 11.1 Å². The molecule has 3 heterocycles. The van der Waals surface area contributed by atoms with Gasteiger partial charge >= 0.3 is 0 Å². The van der Waals surface area contributed by atoms with Crippen LogP contribution in [-0.4, -0.2) is 28.3 Å². The highest BCUT2D eigenvalue weighted by Gasteiger charge is 2.25. The molecule has 3 aromatic rings. The molecule has 1 amide bonds. The van der Waals surface area contributed by atoms with Crippen LogP contribution < -0.4 is 15.5 Å². The van der Waals surface area contributed by atoms with Gasteiger partial charge in [0.1, 0.15) is 0 Å². The SMILES string of the molecule is C=C.C[C@@H]1CC(=O)Nc2cccc(N3CCCc4cc(-c5cnn(C)c5)ccc43)c2N1.[HH].[HH]. The Labute approximate surface area is 186 Å². The lowest BCUT2D eigenvalue weighted by Crippen LogP contribution is -2.26. The van der Waals surface area contributed by atoms with Crippen molar-refractivity contribution in [2.75, 3.05) is 22.1 Å². The summed E-state index contributed by atoms with van der Waals surface area (Å²) < 4.78 is 1.83. The van der Waals surface area contributed by atoms with Crippen LogP contribution in [0.15, 0.2) is 61.9 Å². The van der Waals surface area contributed by atoms with Crippen LogP contribution in [0.4, 0.5) is 22.7 Å². The number of rotatable bonds is 2. The maximum Gasteiger partial charge on any atom is 0.226 e. The molecule has 164 valence electrons. The van der Waals surface area contributed by atoms with Gasteiger partial charge in [-0.1, -0.05) is 12.1 Å². The number of carbonyl (C=O) groups excluding carboxylic acids is 1. The number of aromatic nitrogens is 2. The van der Waals surface area contributed by atoms with Crippen LogP contribution in [0.3, 0.4) is 0 Å². The summed E-state index contributed by atoms with van der Waals surface area (Å²) in [5.41, 5.74) is 7.91. The molecule has 2 aliphatic heterocycles. The van der Waals surface area contributed by atoms with E-state index in [1.807, 2.05) is 36.3 Å². The second-order valence-electron chi connectivity index (χ2n) is 8.00. The first kappa shape index (κ1) is 20.7. The van der Waals surface area contributed by atoms with Crippen molar-refractivity contribution < 1.29 is 7.65 Å². The first-order valence-electron chi connectivity index (χ1n) is 10.7. The monoisotopic (exact) mass is 419 g/mol. The molecule has 0 fully saturated rings. The summed E-state index contributed by atoms with van der Waals surface area (Å²) in [7, 11) is 1.94. The Balaban J connectivity index is 0.000000939. The molecule has 2 aromatic carbocycles. The van der Waals surface area contributed by atoms with E-state index in [0.29, 0.717) is 6.42 Å². The zero-order chi connectivity index (χ0) is 22.0. The third kappa shape index (κ3) is 4.06. The summed E-state index contributed by atoms with van der Waals surface area (Å²) >= 11 is 0. The van der Waals surface area contributed by atoms with Crippen molar-refractivity contribution in [1.82, 2.24) is 9.78 Å². The smallest absolute Gasteiger partial charge is 0.226 e. The minimum Gasteiger partial charge on any atom is -0.379 e. The summed E-state index contributed by atoms with van der Waals surface area (Å²) in [5, 5.41) is 10.9. The van der Waals surface area contributed by atoms with Crippen LogP contribution >= 0.6 is 0 Å². The maximum atomic E-state index is 12.1. The molecular weight excluding hydrogens is 386 g/mol. The molecule has 0 radical (unpaired) electrons. The number of hydrogen-bond acceptors (Lipinski definition) is 4. The minimum atomic E-state index is 0. The Bertz CT molecular complexity index is 1110. The van der Waals surface area contributed by atoms with Crippen LogP contribution in [0, 0.1) is 0 Å². The summed E-state index contributed by atoms with van der Waals surface area (Å²) in [4.78, 5) is 14.5. The molecule has 0 aliphatic carbocycles. The van der Waals surface area contributed by atoms with E-state index in [0.717, 1.165) is 42.0 Å². The van der Waals surface area contributed by atoms with Gasteiger partial charge in [0.15, 0.2) is 0 Å².